The molecule has 16 heavy (non-hydrogen) atoms. The van der Waals surface area contributed by atoms with Crippen LogP contribution in [0, 0.1) is 0 Å². The molecule has 0 saturated carbocycles. The Labute approximate surface area is 90.1 Å². The summed E-state index contributed by atoms with van der Waals surface area (Å²) in [5.74, 6) is -4.25. The van der Waals surface area contributed by atoms with Gasteiger partial charge < -0.3 is 35.5 Å². The number of aliphatic hydroxyl groups excluding tert-OH is 5. The molecular formula is C6H11O9P. The predicted octanol–water partition coefficient (Wildman–Crippen LogP) is -4.06. The van der Waals surface area contributed by atoms with Crippen LogP contribution in [0.15, 0.2) is 0 Å². The van der Waals surface area contributed by atoms with E-state index in [1.165, 1.54) is 0 Å². The molecule has 0 aliphatic rings. The summed E-state index contributed by atoms with van der Waals surface area (Å²) in [5.41, 5.74) is 0. The normalized spacial score (nSPS) is 21.8. The Kier molecular flexibility index (Phi) is 5.90. The molecule has 0 heterocycles. The summed E-state index contributed by atoms with van der Waals surface area (Å²) in [7, 11) is -3.49. The summed E-state index contributed by atoms with van der Waals surface area (Å²) in [6.45, 7) is 0. The Morgan fingerprint density at radius 2 is 1.44 bits per heavy atom. The molecule has 0 aromatic heterocycles. The molecule has 6 N–H and O–H groups in total. The molecule has 0 rings (SSSR count). The van der Waals surface area contributed by atoms with Crippen LogP contribution in [-0.2, 0) is 9.36 Å². The van der Waals surface area contributed by atoms with E-state index in [0.717, 1.165) is 0 Å². The Morgan fingerprint density at radius 3 is 1.75 bits per heavy atom. The Bertz CT molecular complexity index is 243. The van der Waals surface area contributed by atoms with Crippen LogP contribution in [0.2, 0.25) is 0 Å². The number of hydrogen-bond donors (Lipinski definition) is 6. The third-order valence-electron chi connectivity index (χ3n) is 1.80. The van der Waals surface area contributed by atoms with E-state index in [1.807, 2.05) is 0 Å². The first-order valence-electron chi connectivity index (χ1n) is 3.96. The molecule has 0 bridgehead atoms. The molecule has 0 amide bonds. The molecule has 0 radical (unpaired) electrons. The van der Waals surface area contributed by atoms with Crippen molar-refractivity contribution < 1.29 is 44.9 Å². The van der Waals surface area contributed by atoms with E-state index >= 15 is 0 Å². The van der Waals surface area contributed by atoms with Gasteiger partial charge in [0.2, 0.25) is 0 Å². The first-order chi connectivity index (χ1) is 7.20. The van der Waals surface area contributed by atoms with Gasteiger partial charge in [0.15, 0.2) is 12.2 Å². The maximum absolute atomic E-state index is 10.2. The van der Waals surface area contributed by atoms with Gasteiger partial charge in [0, 0.05) is 0 Å². The summed E-state index contributed by atoms with van der Waals surface area (Å²) in [5, 5.41) is 52.9. The molecular weight excluding hydrogens is 247 g/mol. The highest BCUT2D eigenvalue weighted by Crippen LogP contribution is 2.22. The molecule has 0 aromatic rings. The predicted molar refractivity (Wildman–Crippen MR) is 45.3 cm³/mol. The lowest BCUT2D eigenvalue weighted by Gasteiger charge is -2.24. The van der Waals surface area contributed by atoms with Crippen molar-refractivity contribution in [3.8, 4) is 0 Å². The third-order valence-corrected chi connectivity index (χ3v) is 2.54. The van der Waals surface area contributed by atoms with Crippen molar-refractivity contribution in [1.29, 1.82) is 0 Å². The quantitative estimate of drug-likeness (QED) is 0.258. The molecule has 0 fully saturated rings. The fourth-order valence-electron chi connectivity index (χ4n) is 0.836. The maximum Gasteiger partial charge on any atom is 0.344 e. The Balaban J connectivity index is 4.60. The van der Waals surface area contributed by atoms with Crippen LogP contribution in [0.4, 0.5) is 0 Å². The monoisotopic (exact) mass is 258 g/mol. The zero-order valence-electron chi connectivity index (χ0n) is 7.74. The van der Waals surface area contributed by atoms with Gasteiger partial charge in [-0.2, -0.15) is 0 Å². The topological polar surface area (TPSA) is 179 Å². The van der Waals surface area contributed by atoms with E-state index in [9.17, 15) is 14.3 Å². The fourth-order valence-corrected chi connectivity index (χ4v) is 1.26. The second-order valence-corrected chi connectivity index (χ2v) is 4.05. The lowest BCUT2D eigenvalue weighted by atomic mass is 10.0. The zero-order valence-corrected chi connectivity index (χ0v) is 8.64. The fraction of sp³-hybridized carbons (Fsp3) is 0.833. The van der Waals surface area contributed by atoms with Crippen LogP contribution in [0.5, 0.6) is 0 Å². The standard InChI is InChI=1S/C6H11O9P/c7-1(3(9)5(11)12)2(8)4(10)6(13)16(14)15/h1-4,6-10,13H,(H,11,12)/t1-,2-,3+,4-,6+/m0/s1. The van der Waals surface area contributed by atoms with Crippen molar-refractivity contribution in [2.45, 2.75) is 30.3 Å². The van der Waals surface area contributed by atoms with Crippen LogP contribution in [0.1, 0.15) is 0 Å². The van der Waals surface area contributed by atoms with Gasteiger partial charge in [0.1, 0.15) is 12.2 Å². The van der Waals surface area contributed by atoms with E-state index in [2.05, 4.69) is 0 Å². The number of aliphatic hydroxyl groups is 5. The average Bonchev–Trinajstić information content (AvgIpc) is 2.23. The lowest BCUT2D eigenvalue weighted by Crippen LogP contribution is -2.50. The smallest absolute Gasteiger partial charge is 0.344 e. The second kappa shape index (κ2) is 6.16. The van der Waals surface area contributed by atoms with Crippen LogP contribution in [0.25, 0.3) is 0 Å². The van der Waals surface area contributed by atoms with Crippen molar-refractivity contribution in [1.82, 2.24) is 0 Å². The number of carbonyl (C=O) groups is 1. The van der Waals surface area contributed by atoms with Gasteiger partial charge >= 0.3 is 14.0 Å². The highest BCUT2D eigenvalue weighted by atomic mass is 31.1. The van der Waals surface area contributed by atoms with Gasteiger partial charge in [-0.3, -0.25) is 0 Å². The van der Waals surface area contributed by atoms with Gasteiger partial charge in [0.05, 0.1) is 0 Å². The zero-order chi connectivity index (χ0) is 13.0. The number of hydrogen-bond acceptors (Lipinski definition) is 8. The SMILES string of the molecule is O=C(O)[C@H](O)[C@@H](O)[C@H](O)[C@H](O)[C@H](O)[P+](=O)[O-]. The van der Waals surface area contributed by atoms with Crippen LogP contribution in [0.3, 0.4) is 0 Å². The molecule has 0 spiro atoms. The Morgan fingerprint density at radius 1 is 1.00 bits per heavy atom. The summed E-state index contributed by atoms with van der Waals surface area (Å²) in [6, 6.07) is 0. The van der Waals surface area contributed by atoms with Crippen LogP contribution >= 0.6 is 8.03 Å². The number of carboxylic acid groups (broad SMARTS) is 1. The maximum atomic E-state index is 10.2. The van der Waals surface area contributed by atoms with Crippen LogP contribution in [-0.4, -0.2) is 66.9 Å². The van der Waals surface area contributed by atoms with Gasteiger partial charge in [-0.1, -0.05) is 4.57 Å². The third kappa shape index (κ3) is 3.72. The molecule has 9 nitrogen and oxygen atoms in total. The molecule has 1 unspecified atom stereocenters. The highest BCUT2D eigenvalue weighted by Gasteiger charge is 2.41. The van der Waals surface area contributed by atoms with Crippen molar-refractivity contribution in [2.75, 3.05) is 0 Å². The van der Waals surface area contributed by atoms with E-state index in [4.69, 9.17) is 30.6 Å². The van der Waals surface area contributed by atoms with Crippen LogP contribution < -0.4 is 4.89 Å². The number of aliphatic carboxylic acids is 1. The molecule has 0 aliphatic carbocycles. The van der Waals surface area contributed by atoms with Gasteiger partial charge in [0.25, 0.3) is 5.85 Å². The molecule has 0 saturated heterocycles. The molecule has 0 aliphatic heterocycles. The number of carboxylic acids is 1. The summed E-state index contributed by atoms with van der Waals surface area (Å²) >= 11 is 0. The Hall–Kier alpha value is -0.670. The lowest BCUT2D eigenvalue weighted by molar-refractivity contribution is -0.184. The highest BCUT2D eigenvalue weighted by molar-refractivity contribution is 7.37. The van der Waals surface area contributed by atoms with Crippen molar-refractivity contribution >= 4 is 14.0 Å². The molecule has 0 aromatic carbocycles. The first-order valence-corrected chi connectivity index (χ1v) is 5.21. The van der Waals surface area contributed by atoms with Crippen molar-refractivity contribution in [2.24, 2.45) is 0 Å². The van der Waals surface area contributed by atoms with E-state index in [-0.39, 0.29) is 0 Å². The van der Waals surface area contributed by atoms with Gasteiger partial charge in [-0.25, -0.2) is 4.79 Å². The molecule has 94 valence electrons. The van der Waals surface area contributed by atoms with Gasteiger partial charge in [-0.05, 0) is 0 Å². The minimum absolute atomic E-state index is 1.88. The largest absolute Gasteiger partial charge is 0.593 e. The average molecular weight is 258 g/mol. The van der Waals surface area contributed by atoms with E-state index in [1.54, 1.807) is 0 Å². The van der Waals surface area contributed by atoms with Crippen molar-refractivity contribution in [3.05, 3.63) is 0 Å². The van der Waals surface area contributed by atoms with Crippen molar-refractivity contribution in [3.63, 3.8) is 0 Å². The first kappa shape index (κ1) is 15.3. The number of rotatable bonds is 6. The minimum Gasteiger partial charge on any atom is -0.593 e. The minimum atomic E-state index is -3.49. The summed E-state index contributed by atoms with van der Waals surface area (Å²) in [4.78, 5) is 20.4. The van der Waals surface area contributed by atoms with Gasteiger partial charge in [-0.15, -0.1) is 0 Å². The molecule has 10 heteroatoms. The van der Waals surface area contributed by atoms with E-state index in [0.29, 0.717) is 0 Å². The summed E-state index contributed by atoms with van der Waals surface area (Å²) in [6.07, 6.45) is -9.41. The second-order valence-electron chi connectivity index (χ2n) is 2.95. The summed E-state index contributed by atoms with van der Waals surface area (Å²) < 4.78 is 10.2. The molecule has 6 atom stereocenters. The van der Waals surface area contributed by atoms with E-state index < -0.39 is 44.3 Å².